The molecule has 0 atom stereocenters. The van der Waals surface area contributed by atoms with Crippen molar-refractivity contribution in [3.8, 4) is 0 Å². The van der Waals surface area contributed by atoms with Crippen molar-refractivity contribution in [2.24, 2.45) is 0 Å². The van der Waals surface area contributed by atoms with Gasteiger partial charge >= 0.3 is 0 Å². The van der Waals surface area contributed by atoms with Gasteiger partial charge in [-0.15, -0.1) is 0 Å². The van der Waals surface area contributed by atoms with Gasteiger partial charge in [-0.2, -0.15) is 0 Å². The highest BCUT2D eigenvalue weighted by Gasteiger charge is 2.44. The molecule has 1 saturated heterocycles. The molecule has 0 unspecified atom stereocenters. The molecule has 1 heterocycles. The maximum atomic E-state index is 5.96. The zero-order chi connectivity index (χ0) is 17.0. The Hall–Kier alpha value is -2.08. The fourth-order valence-corrected chi connectivity index (χ4v) is 7.40. The van der Waals surface area contributed by atoms with Crippen molar-refractivity contribution in [1.82, 2.24) is 0 Å². The number of hydrogen-bond donors (Lipinski definition) is 0. The lowest BCUT2D eigenvalue weighted by atomic mass is 10.3. The number of halogens is 1. The quantitative estimate of drug-likeness (QED) is 0.625. The fourth-order valence-electron chi connectivity index (χ4n) is 3.50. The second-order valence-corrected chi connectivity index (χ2v) is 9.53. The lowest BCUT2D eigenvalue weighted by Crippen LogP contribution is -3.00. The van der Waals surface area contributed by atoms with Gasteiger partial charge in [0, 0.05) is 6.42 Å². The number of rotatable bonds is 4. The van der Waals surface area contributed by atoms with E-state index in [1.54, 1.807) is 0 Å². The van der Waals surface area contributed by atoms with E-state index in [2.05, 4.69) is 96.8 Å². The zero-order valence-electron chi connectivity index (χ0n) is 14.6. The average Bonchev–Trinajstić information content (AvgIpc) is 3.21. The predicted molar refractivity (Wildman–Crippen MR) is 108 cm³/mol. The van der Waals surface area contributed by atoms with E-state index in [0.717, 1.165) is 25.2 Å². The molecule has 0 amide bonds. The average molecular weight is 381 g/mol. The summed E-state index contributed by atoms with van der Waals surface area (Å²) in [6.07, 6.45) is 2.15. The monoisotopic (exact) mass is 380 g/mol. The molecule has 1 aliphatic heterocycles. The van der Waals surface area contributed by atoms with Crippen LogP contribution >= 0.6 is 7.26 Å². The van der Waals surface area contributed by atoms with Crippen LogP contribution in [-0.2, 0) is 4.74 Å². The van der Waals surface area contributed by atoms with Crippen LogP contribution in [0.4, 0.5) is 0 Å². The van der Waals surface area contributed by atoms with Crippen LogP contribution in [0.15, 0.2) is 103 Å². The molecule has 0 aromatic heterocycles. The molecule has 1 aliphatic rings. The van der Waals surface area contributed by atoms with Gasteiger partial charge in [0.1, 0.15) is 34.8 Å². The first kappa shape index (κ1) is 18.7. The minimum absolute atomic E-state index is 0. The highest BCUT2D eigenvalue weighted by Crippen LogP contribution is 2.58. The van der Waals surface area contributed by atoms with Crippen LogP contribution in [0.25, 0.3) is 0 Å². The molecule has 0 aliphatic carbocycles. The molecular weight excluding hydrogens is 359 g/mol. The van der Waals surface area contributed by atoms with E-state index in [-0.39, 0.29) is 12.4 Å². The second-order valence-electron chi connectivity index (χ2n) is 6.28. The molecule has 3 heteroatoms. The zero-order valence-corrected chi connectivity index (χ0v) is 16.2. The fraction of sp³-hybridized carbons (Fsp3) is 0.130. The molecule has 1 fully saturated rings. The summed E-state index contributed by atoms with van der Waals surface area (Å²) in [5.41, 5.74) is 0. The second kappa shape index (κ2) is 8.54. The Morgan fingerprint density at radius 1 is 0.654 bits per heavy atom. The standard InChI is InChI=1S/C23H22OP.ClH/c1-4-12-21(13-5-1)25(19-20-11-10-18-24-20,22-14-6-2-7-15-22)23-16-8-3-9-17-23;/h1-9,12-17,19H,10-11,18H2;1H/q+1;/p-1. The van der Waals surface area contributed by atoms with E-state index < -0.39 is 7.26 Å². The molecule has 3 aromatic rings. The van der Waals surface area contributed by atoms with Gasteiger partial charge in [0.15, 0.2) is 0 Å². The molecule has 26 heavy (non-hydrogen) atoms. The van der Waals surface area contributed by atoms with E-state index in [1.165, 1.54) is 15.9 Å². The molecule has 0 bridgehead atoms. The van der Waals surface area contributed by atoms with Gasteiger partial charge in [0.25, 0.3) is 0 Å². The Labute approximate surface area is 162 Å². The summed E-state index contributed by atoms with van der Waals surface area (Å²) in [7, 11) is -1.89. The lowest BCUT2D eigenvalue weighted by Gasteiger charge is -2.24. The van der Waals surface area contributed by atoms with Crippen LogP contribution < -0.4 is 28.3 Å². The van der Waals surface area contributed by atoms with Gasteiger partial charge in [-0.25, -0.2) is 0 Å². The largest absolute Gasteiger partial charge is 1.00 e. The van der Waals surface area contributed by atoms with Gasteiger partial charge in [-0.1, -0.05) is 54.6 Å². The van der Waals surface area contributed by atoms with Crippen LogP contribution in [0.1, 0.15) is 12.8 Å². The van der Waals surface area contributed by atoms with Gasteiger partial charge in [0.2, 0.25) is 0 Å². The van der Waals surface area contributed by atoms with Gasteiger partial charge in [-0.3, -0.25) is 0 Å². The minimum Gasteiger partial charge on any atom is -1.00 e. The van der Waals surface area contributed by atoms with Crippen LogP contribution in [0.5, 0.6) is 0 Å². The summed E-state index contributed by atoms with van der Waals surface area (Å²) in [4.78, 5) is 0. The Morgan fingerprint density at radius 3 is 1.42 bits per heavy atom. The first-order valence-corrected chi connectivity index (χ1v) is 10.7. The normalized spacial score (nSPS) is 15.3. The predicted octanol–water partition coefficient (Wildman–Crippen LogP) is 1.64. The van der Waals surface area contributed by atoms with Crippen molar-refractivity contribution >= 4 is 23.2 Å². The van der Waals surface area contributed by atoms with Crippen LogP contribution in [-0.4, -0.2) is 6.61 Å². The Balaban J connectivity index is 0.00000196. The Kier molecular flexibility index (Phi) is 6.14. The van der Waals surface area contributed by atoms with Crippen molar-refractivity contribution in [1.29, 1.82) is 0 Å². The van der Waals surface area contributed by atoms with Crippen LogP contribution in [0.3, 0.4) is 0 Å². The summed E-state index contributed by atoms with van der Waals surface area (Å²) in [5.74, 6) is 3.59. The minimum atomic E-state index is -1.89. The van der Waals surface area contributed by atoms with Crippen LogP contribution in [0, 0.1) is 0 Å². The van der Waals surface area contributed by atoms with Crippen LogP contribution in [0.2, 0.25) is 0 Å². The first-order chi connectivity index (χ1) is 12.4. The summed E-state index contributed by atoms with van der Waals surface area (Å²) in [6.45, 7) is 0.838. The van der Waals surface area contributed by atoms with Gasteiger partial charge in [-0.05, 0) is 42.8 Å². The molecule has 0 radical (unpaired) electrons. The molecule has 1 nitrogen and oxygen atoms in total. The van der Waals surface area contributed by atoms with Crippen molar-refractivity contribution in [2.75, 3.05) is 6.61 Å². The van der Waals surface area contributed by atoms with E-state index in [1.807, 2.05) is 0 Å². The molecule has 0 N–H and O–H groups in total. The Morgan fingerprint density at radius 2 is 1.08 bits per heavy atom. The van der Waals surface area contributed by atoms with Crippen molar-refractivity contribution in [3.63, 3.8) is 0 Å². The lowest BCUT2D eigenvalue weighted by molar-refractivity contribution is -0.00000550. The molecule has 3 aromatic carbocycles. The van der Waals surface area contributed by atoms with Crippen molar-refractivity contribution in [2.45, 2.75) is 12.8 Å². The topological polar surface area (TPSA) is 9.23 Å². The summed E-state index contributed by atoms with van der Waals surface area (Å²) in [6, 6.07) is 32.7. The third-order valence-corrected chi connectivity index (χ3v) is 8.70. The molecule has 0 spiro atoms. The highest BCUT2D eigenvalue weighted by molar-refractivity contribution is 7.98. The molecule has 4 rings (SSSR count). The third-order valence-electron chi connectivity index (χ3n) is 4.68. The number of ether oxygens (including phenoxy) is 1. The number of hydrogen-bond acceptors (Lipinski definition) is 1. The van der Waals surface area contributed by atoms with E-state index in [0.29, 0.717) is 0 Å². The van der Waals surface area contributed by atoms with E-state index in [4.69, 9.17) is 4.74 Å². The smallest absolute Gasteiger partial charge is 0.140 e. The Bertz CT molecular complexity index is 742. The van der Waals surface area contributed by atoms with Crippen molar-refractivity contribution in [3.05, 3.63) is 103 Å². The molecular formula is C23H22ClOP. The van der Waals surface area contributed by atoms with E-state index in [9.17, 15) is 0 Å². The van der Waals surface area contributed by atoms with Gasteiger partial charge < -0.3 is 17.1 Å². The third kappa shape index (κ3) is 3.56. The maximum absolute atomic E-state index is 5.96. The summed E-state index contributed by atoms with van der Waals surface area (Å²) >= 11 is 0. The number of benzene rings is 3. The maximum Gasteiger partial charge on any atom is 0.140 e. The summed E-state index contributed by atoms with van der Waals surface area (Å²) in [5, 5.41) is 4.11. The van der Waals surface area contributed by atoms with Crippen molar-refractivity contribution < 1.29 is 17.1 Å². The van der Waals surface area contributed by atoms with E-state index >= 15 is 0 Å². The first-order valence-electron chi connectivity index (χ1n) is 8.80. The SMILES string of the molecule is C(=C1CCCO1)[P+](c1ccccc1)(c1ccccc1)c1ccccc1.[Cl-]. The molecule has 132 valence electrons. The summed E-state index contributed by atoms with van der Waals surface area (Å²) < 4.78 is 5.96. The van der Waals surface area contributed by atoms with Gasteiger partial charge in [0.05, 0.1) is 6.61 Å². The number of allylic oxidation sites excluding steroid dienone is 1. The highest BCUT2D eigenvalue weighted by atomic mass is 35.5. The molecule has 0 saturated carbocycles.